The Morgan fingerprint density at radius 3 is 2.63 bits per heavy atom. The predicted molar refractivity (Wildman–Crippen MR) is 100 cm³/mol. The van der Waals surface area contributed by atoms with Crippen LogP contribution in [0.1, 0.15) is 32.3 Å². The van der Waals surface area contributed by atoms with E-state index in [1.54, 1.807) is 13.0 Å². The Labute approximate surface area is 158 Å². The van der Waals surface area contributed by atoms with E-state index in [4.69, 9.17) is 0 Å². The number of amides is 2. The smallest absolute Gasteiger partial charge is 0.412 e. The summed E-state index contributed by atoms with van der Waals surface area (Å²) < 4.78 is 0. The Morgan fingerprint density at radius 2 is 2.04 bits per heavy atom. The third-order valence-electron chi connectivity index (χ3n) is 6.60. The van der Waals surface area contributed by atoms with Crippen molar-refractivity contribution in [3.05, 3.63) is 23.8 Å². The van der Waals surface area contributed by atoms with Crippen LogP contribution in [0, 0.1) is 0 Å². The van der Waals surface area contributed by atoms with Gasteiger partial charge in [-0.3, -0.25) is 19.8 Å². The maximum absolute atomic E-state index is 12.4. The zero-order valence-electron chi connectivity index (χ0n) is 16.1. The molecule has 0 radical (unpaired) electrons. The lowest BCUT2D eigenvalue weighted by atomic mass is 9.81. The Morgan fingerprint density at radius 1 is 1.33 bits per heavy atom. The van der Waals surface area contributed by atoms with E-state index in [1.165, 1.54) is 0 Å². The zero-order chi connectivity index (χ0) is 19.7. The minimum absolute atomic E-state index is 0.0883. The molecule has 3 aliphatic heterocycles. The summed E-state index contributed by atoms with van der Waals surface area (Å²) in [7, 11) is 4.17. The molecule has 3 aliphatic rings. The molecule has 8 heteroatoms. The molecule has 27 heavy (non-hydrogen) atoms. The lowest BCUT2D eigenvalue weighted by Crippen LogP contribution is -2.45. The van der Waals surface area contributed by atoms with Crippen molar-refractivity contribution in [3.63, 3.8) is 0 Å². The van der Waals surface area contributed by atoms with Gasteiger partial charge in [-0.2, -0.15) is 0 Å². The van der Waals surface area contributed by atoms with Crippen molar-refractivity contribution in [1.82, 2.24) is 9.96 Å². The molecule has 4 atom stereocenters. The minimum Gasteiger partial charge on any atom is -0.465 e. The van der Waals surface area contributed by atoms with Crippen molar-refractivity contribution < 1.29 is 19.9 Å². The van der Waals surface area contributed by atoms with Crippen LogP contribution < -0.4 is 9.80 Å². The van der Waals surface area contributed by atoms with Gasteiger partial charge in [-0.25, -0.2) is 9.86 Å². The third-order valence-corrected chi connectivity index (χ3v) is 6.60. The molecule has 0 aromatic heterocycles. The molecule has 0 aliphatic carbocycles. The number of anilines is 2. The average molecular weight is 374 g/mol. The Bertz CT molecular complexity index is 815. The van der Waals surface area contributed by atoms with Crippen molar-refractivity contribution >= 4 is 23.4 Å². The van der Waals surface area contributed by atoms with Crippen molar-refractivity contribution in [2.24, 2.45) is 0 Å². The minimum atomic E-state index is -1.19. The van der Waals surface area contributed by atoms with Gasteiger partial charge in [-0.15, -0.1) is 0 Å². The molecule has 2 N–H and O–H groups in total. The largest absolute Gasteiger partial charge is 0.465 e. The number of benzene rings is 1. The van der Waals surface area contributed by atoms with Crippen molar-refractivity contribution in [2.45, 2.75) is 50.4 Å². The van der Waals surface area contributed by atoms with Gasteiger partial charge in [-0.1, -0.05) is 6.92 Å². The van der Waals surface area contributed by atoms with Gasteiger partial charge in [0.2, 0.25) is 0 Å². The molecular formula is C19H26N4O4. The average Bonchev–Trinajstić information content (AvgIpc) is 3.14. The second kappa shape index (κ2) is 5.84. The highest BCUT2D eigenvalue weighted by Gasteiger charge is 2.52. The second-order valence-corrected chi connectivity index (χ2v) is 8.27. The summed E-state index contributed by atoms with van der Waals surface area (Å²) in [5, 5.41) is 20.3. The summed E-state index contributed by atoms with van der Waals surface area (Å²) in [5.74, 6) is -0.577. The summed E-state index contributed by atoms with van der Waals surface area (Å²) in [4.78, 5) is 30.1. The third kappa shape index (κ3) is 2.36. The molecule has 2 saturated heterocycles. The summed E-state index contributed by atoms with van der Waals surface area (Å²) in [6, 6.07) is 4.30. The number of rotatable bonds is 2. The Balaban J connectivity index is 1.76. The normalized spacial score (nSPS) is 32.8. The number of hydrogen-bond acceptors (Lipinski definition) is 5. The van der Waals surface area contributed by atoms with Crippen LogP contribution in [-0.2, 0) is 10.2 Å². The summed E-state index contributed by atoms with van der Waals surface area (Å²) in [6.07, 6.45) is 0.307. The van der Waals surface area contributed by atoms with E-state index < -0.39 is 24.1 Å². The van der Waals surface area contributed by atoms with E-state index in [1.807, 2.05) is 12.1 Å². The number of fused-ring (bicyclic) bond motifs is 3. The number of carbonyl (C=O) groups is 2. The number of hydroxylamine groups is 2. The van der Waals surface area contributed by atoms with Crippen molar-refractivity contribution in [2.75, 3.05) is 30.4 Å². The predicted octanol–water partition coefficient (Wildman–Crippen LogP) is 1.92. The molecule has 0 saturated carbocycles. The van der Waals surface area contributed by atoms with Crippen LogP contribution in [0.3, 0.4) is 0 Å². The Hall–Kier alpha value is -2.32. The molecule has 1 aromatic carbocycles. The molecule has 0 bridgehead atoms. The zero-order valence-corrected chi connectivity index (χ0v) is 16.1. The van der Waals surface area contributed by atoms with Crippen molar-refractivity contribution in [3.8, 4) is 0 Å². The van der Waals surface area contributed by atoms with Gasteiger partial charge in [0.1, 0.15) is 6.04 Å². The highest BCUT2D eigenvalue weighted by Crippen LogP contribution is 2.51. The van der Waals surface area contributed by atoms with Gasteiger partial charge in [0, 0.05) is 36.8 Å². The van der Waals surface area contributed by atoms with Crippen LogP contribution in [0.15, 0.2) is 18.2 Å². The van der Waals surface area contributed by atoms with Gasteiger partial charge in [0.15, 0.2) is 0 Å². The number of likely N-dealkylation sites (N-methyl/N-ethyl adjacent to an activating group) is 2. The van der Waals surface area contributed by atoms with Crippen LogP contribution in [0.4, 0.5) is 16.2 Å². The first kappa shape index (κ1) is 18.1. The van der Waals surface area contributed by atoms with Crippen LogP contribution in [-0.4, -0.2) is 71.2 Å². The van der Waals surface area contributed by atoms with Gasteiger partial charge >= 0.3 is 6.09 Å². The molecule has 2 fully saturated rings. The number of likely N-dealkylation sites (tertiary alicyclic amines) is 1. The standard InChI is InChI=1S/C19H26N4O4/c1-11-9-15(16(24)23(11)27)22(18(25)26)12-5-6-14-13(10-12)19(2)7-8-20(3)17(19)21(14)4/h5-6,10-11,15,17,27H,7-9H2,1-4H3,(H,25,26)/t11?,15?,17?,19-/m0/s1. The Kier molecular flexibility index (Phi) is 3.91. The van der Waals surface area contributed by atoms with E-state index >= 15 is 0 Å². The van der Waals surface area contributed by atoms with E-state index in [2.05, 4.69) is 30.8 Å². The SMILES string of the molecule is CC1CC(N(C(=O)O)c2ccc3c(c2)[C@]2(C)CCN(C)C2N3C)C(=O)N1O. The molecule has 0 spiro atoms. The molecule has 146 valence electrons. The lowest BCUT2D eigenvalue weighted by Gasteiger charge is -2.32. The first-order valence-electron chi connectivity index (χ1n) is 9.28. The van der Waals surface area contributed by atoms with Crippen LogP contribution >= 0.6 is 0 Å². The molecule has 8 nitrogen and oxygen atoms in total. The number of nitrogens with zero attached hydrogens (tertiary/aromatic N) is 4. The first-order chi connectivity index (χ1) is 12.7. The quantitative estimate of drug-likeness (QED) is 0.769. The number of carboxylic acid groups (broad SMARTS) is 1. The van der Waals surface area contributed by atoms with Crippen molar-refractivity contribution in [1.29, 1.82) is 0 Å². The highest BCUT2D eigenvalue weighted by molar-refractivity contribution is 5.98. The van der Waals surface area contributed by atoms with Crippen LogP contribution in [0.5, 0.6) is 0 Å². The molecule has 3 unspecified atom stereocenters. The van der Waals surface area contributed by atoms with Gasteiger partial charge < -0.3 is 10.0 Å². The second-order valence-electron chi connectivity index (χ2n) is 8.27. The van der Waals surface area contributed by atoms with E-state index in [9.17, 15) is 19.9 Å². The van der Waals surface area contributed by atoms with E-state index in [0.717, 1.165) is 29.1 Å². The lowest BCUT2D eigenvalue weighted by molar-refractivity contribution is -0.164. The first-order valence-corrected chi connectivity index (χ1v) is 9.28. The van der Waals surface area contributed by atoms with Gasteiger partial charge in [-0.05, 0) is 44.2 Å². The fraction of sp³-hybridized carbons (Fsp3) is 0.579. The topological polar surface area (TPSA) is 87.6 Å². The monoisotopic (exact) mass is 374 g/mol. The molecule has 1 aromatic rings. The molecule has 4 rings (SSSR count). The number of carbonyl (C=O) groups excluding carboxylic acids is 1. The van der Waals surface area contributed by atoms with E-state index in [-0.39, 0.29) is 18.0 Å². The summed E-state index contributed by atoms with van der Waals surface area (Å²) in [6.45, 7) is 4.90. The maximum Gasteiger partial charge on any atom is 0.412 e. The maximum atomic E-state index is 12.4. The fourth-order valence-electron chi connectivity index (χ4n) is 5.25. The summed E-state index contributed by atoms with van der Waals surface area (Å²) in [5.41, 5.74) is 2.60. The molecule has 2 amide bonds. The molecule has 3 heterocycles. The van der Waals surface area contributed by atoms with Gasteiger partial charge in [0.05, 0.1) is 12.2 Å². The van der Waals surface area contributed by atoms with Crippen LogP contribution in [0.2, 0.25) is 0 Å². The number of hydrogen-bond donors (Lipinski definition) is 2. The van der Waals surface area contributed by atoms with Crippen LogP contribution in [0.25, 0.3) is 0 Å². The summed E-state index contributed by atoms with van der Waals surface area (Å²) >= 11 is 0. The highest BCUT2D eigenvalue weighted by atomic mass is 16.5. The molecular weight excluding hydrogens is 348 g/mol. The van der Waals surface area contributed by atoms with E-state index in [0.29, 0.717) is 10.8 Å². The van der Waals surface area contributed by atoms with Gasteiger partial charge in [0.25, 0.3) is 5.91 Å². The fourth-order valence-corrected chi connectivity index (χ4v) is 5.25.